The fraction of sp³-hybridized carbons (Fsp3) is 0.929. The van der Waals surface area contributed by atoms with Crippen LogP contribution in [0.3, 0.4) is 0 Å². The molecule has 2 aliphatic rings. The van der Waals surface area contributed by atoms with E-state index in [1.807, 2.05) is 0 Å². The van der Waals surface area contributed by atoms with Gasteiger partial charge in [0.05, 0.1) is 18.8 Å². The molecule has 4 heteroatoms. The van der Waals surface area contributed by atoms with Gasteiger partial charge in [0.1, 0.15) is 0 Å². The molecule has 2 unspecified atom stereocenters. The first-order chi connectivity index (χ1) is 8.72. The Bertz CT molecular complexity index is 277. The van der Waals surface area contributed by atoms with Crippen LogP contribution in [0, 0.1) is 5.92 Å². The van der Waals surface area contributed by atoms with Gasteiger partial charge in [-0.2, -0.15) is 0 Å². The molecule has 0 aromatic carbocycles. The van der Waals surface area contributed by atoms with E-state index in [-0.39, 0.29) is 18.1 Å². The Hall–Kier alpha value is -0.0900. The molecule has 104 valence electrons. The number of rotatable bonds is 2. The van der Waals surface area contributed by atoms with E-state index in [1.165, 1.54) is 25.7 Å². The highest BCUT2D eigenvalue weighted by Gasteiger charge is 2.33. The van der Waals surface area contributed by atoms with Crippen LogP contribution in [-0.2, 0) is 9.53 Å². The van der Waals surface area contributed by atoms with Gasteiger partial charge in [0.2, 0.25) is 5.91 Å². The Morgan fingerprint density at radius 3 is 2.56 bits per heavy atom. The summed E-state index contributed by atoms with van der Waals surface area (Å²) in [5.74, 6) is 0.641. The zero-order chi connectivity index (χ0) is 13.0. The average Bonchev–Trinajstić information content (AvgIpc) is 2.67. The van der Waals surface area contributed by atoms with Crippen LogP contribution in [0.15, 0.2) is 0 Å². The van der Waals surface area contributed by atoms with Crippen LogP contribution < -0.4 is 0 Å². The third-order valence-electron chi connectivity index (χ3n) is 4.17. The summed E-state index contributed by atoms with van der Waals surface area (Å²) in [4.78, 5) is 14.7. The zero-order valence-electron chi connectivity index (χ0n) is 11.2. The summed E-state index contributed by atoms with van der Waals surface area (Å²) < 4.78 is 5.69. The van der Waals surface area contributed by atoms with Gasteiger partial charge in [-0.25, -0.2) is 0 Å². The lowest BCUT2D eigenvalue weighted by Gasteiger charge is -2.39. The number of ether oxygens (including phenoxy) is 1. The molecule has 1 saturated heterocycles. The van der Waals surface area contributed by atoms with Crippen molar-refractivity contribution < 1.29 is 9.53 Å². The number of carbonyl (C=O) groups is 1. The molecule has 0 aromatic heterocycles. The first-order valence-corrected chi connectivity index (χ1v) is 8.32. The molecule has 2 fully saturated rings. The molecule has 0 spiro atoms. The third kappa shape index (κ3) is 3.47. The second-order valence-electron chi connectivity index (χ2n) is 5.64. The Balaban J connectivity index is 1.96. The molecule has 0 bridgehead atoms. The highest BCUT2D eigenvalue weighted by Crippen LogP contribution is 2.26. The maximum atomic E-state index is 12.6. The summed E-state index contributed by atoms with van der Waals surface area (Å²) >= 11 is 3.45. The van der Waals surface area contributed by atoms with Crippen molar-refractivity contribution in [2.75, 3.05) is 18.5 Å². The zero-order valence-corrected chi connectivity index (χ0v) is 12.8. The predicted octanol–water partition coefficient (Wildman–Crippen LogP) is 2.97. The molecule has 1 aliphatic heterocycles. The van der Waals surface area contributed by atoms with Crippen molar-refractivity contribution >= 4 is 21.8 Å². The molecule has 1 heterocycles. The molecule has 1 aliphatic carbocycles. The van der Waals surface area contributed by atoms with Crippen molar-refractivity contribution in [1.29, 1.82) is 0 Å². The number of hydrogen-bond donors (Lipinski definition) is 0. The van der Waals surface area contributed by atoms with E-state index < -0.39 is 0 Å². The number of carbonyl (C=O) groups excluding carboxylic acids is 1. The lowest BCUT2D eigenvalue weighted by molar-refractivity contribution is -0.147. The standard InChI is InChI=1S/C14H24BrNO2/c1-11-10-18-13(8-15)9-16(11)14(17)12-6-4-2-3-5-7-12/h11-13H,2-10H2,1H3. The number of amides is 1. The summed E-state index contributed by atoms with van der Waals surface area (Å²) in [6, 6.07) is 0.232. The number of hydrogen-bond acceptors (Lipinski definition) is 2. The van der Waals surface area contributed by atoms with E-state index in [0.717, 1.165) is 24.7 Å². The second kappa shape index (κ2) is 6.90. The average molecular weight is 318 g/mol. The summed E-state index contributed by atoms with van der Waals surface area (Å²) in [6.45, 7) is 3.52. The number of halogens is 1. The Kier molecular flexibility index (Phi) is 5.49. The predicted molar refractivity (Wildman–Crippen MR) is 75.9 cm³/mol. The maximum Gasteiger partial charge on any atom is 0.226 e. The Morgan fingerprint density at radius 2 is 1.94 bits per heavy atom. The van der Waals surface area contributed by atoms with Gasteiger partial charge in [-0.15, -0.1) is 0 Å². The molecule has 0 N–H and O–H groups in total. The fourth-order valence-electron chi connectivity index (χ4n) is 2.98. The smallest absolute Gasteiger partial charge is 0.226 e. The topological polar surface area (TPSA) is 29.5 Å². The molecule has 1 amide bonds. The van der Waals surface area contributed by atoms with Crippen molar-refractivity contribution in [1.82, 2.24) is 4.90 Å². The molecule has 2 atom stereocenters. The van der Waals surface area contributed by atoms with Crippen molar-refractivity contribution in [3.8, 4) is 0 Å². The van der Waals surface area contributed by atoms with Gasteiger partial charge in [0.25, 0.3) is 0 Å². The van der Waals surface area contributed by atoms with Crippen molar-refractivity contribution in [2.45, 2.75) is 57.6 Å². The highest BCUT2D eigenvalue weighted by molar-refractivity contribution is 9.09. The minimum atomic E-state index is 0.163. The highest BCUT2D eigenvalue weighted by atomic mass is 79.9. The molecular formula is C14H24BrNO2. The first kappa shape index (κ1) is 14.3. The Labute approximate surface area is 118 Å². The second-order valence-corrected chi connectivity index (χ2v) is 6.29. The van der Waals surface area contributed by atoms with Crippen LogP contribution in [0.5, 0.6) is 0 Å². The molecule has 18 heavy (non-hydrogen) atoms. The Morgan fingerprint density at radius 1 is 1.28 bits per heavy atom. The summed E-state index contributed by atoms with van der Waals surface area (Å²) in [6.07, 6.45) is 7.37. The van der Waals surface area contributed by atoms with E-state index in [4.69, 9.17) is 4.74 Å². The number of alkyl halides is 1. The van der Waals surface area contributed by atoms with Crippen LogP contribution >= 0.6 is 15.9 Å². The van der Waals surface area contributed by atoms with E-state index in [0.29, 0.717) is 12.5 Å². The van der Waals surface area contributed by atoms with E-state index in [2.05, 4.69) is 27.8 Å². The summed E-state index contributed by atoms with van der Waals surface area (Å²) in [5, 5.41) is 0.814. The van der Waals surface area contributed by atoms with Gasteiger partial charge in [0, 0.05) is 17.8 Å². The lowest BCUT2D eigenvalue weighted by atomic mass is 9.97. The quantitative estimate of drug-likeness (QED) is 0.579. The largest absolute Gasteiger partial charge is 0.373 e. The number of morpholine rings is 1. The maximum absolute atomic E-state index is 12.6. The van der Waals surface area contributed by atoms with Crippen molar-refractivity contribution in [3.63, 3.8) is 0 Å². The van der Waals surface area contributed by atoms with Gasteiger partial charge in [-0.05, 0) is 19.8 Å². The minimum Gasteiger partial charge on any atom is -0.373 e. The van der Waals surface area contributed by atoms with Gasteiger partial charge < -0.3 is 9.64 Å². The normalized spacial score (nSPS) is 31.1. The van der Waals surface area contributed by atoms with Gasteiger partial charge in [-0.1, -0.05) is 41.6 Å². The van der Waals surface area contributed by atoms with Crippen LogP contribution in [0.1, 0.15) is 45.4 Å². The van der Waals surface area contributed by atoms with Gasteiger partial charge in [-0.3, -0.25) is 4.79 Å². The first-order valence-electron chi connectivity index (χ1n) is 7.20. The van der Waals surface area contributed by atoms with Crippen LogP contribution in [-0.4, -0.2) is 41.4 Å². The lowest BCUT2D eigenvalue weighted by Crippen LogP contribution is -2.53. The van der Waals surface area contributed by atoms with Crippen molar-refractivity contribution in [2.24, 2.45) is 5.92 Å². The van der Waals surface area contributed by atoms with E-state index in [1.54, 1.807) is 0 Å². The monoisotopic (exact) mass is 317 g/mol. The molecule has 3 nitrogen and oxygen atoms in total. The molecule has 0 radical (unpaired) electrons. The fourth-order valence-corrected chi connectivity index (χ4v) is 3.37. The molecule has 2 rings (SSSR count). The number of nitrogens with zero attached hydrogens (tertiary/aromatic N) is 1. The minimum absolute atomic E-state index is 0.163. The van der Waals surface area contributed by atoms with Gasteiger partial charge in [0.15, 0.2) is 0 Å². The molecule has 0 aromatic rings. The molecular weight excluding hydrogens is 294 g/mol. The van der Waals surface area contributed by atoms with Crippen LogP contribution in [0.4, 0.5) is 0 Å². The van der Waals surface area contributed by atoms with Gasteiger partial charge >= 0.3 is 0 Å². The molecule has 1 saturated carbocycles. The van der Waals surface area contributed by atoms with E-state index >= 15 is 0 Å². The third-order valence-corrected chi connectivity index (χ3v) is 4.89. The van der Waals surface area contributed by atoms with Crippen LogP contribution in [0.25, 0.3) is 0 Å². The van der Waals surface area contributed by atoms with E-state index in [9.17, 15) is 4.79 Å². The summed E-state index contributed by atoms with van der Waals surface area (Å²) in [7, 11) is 0. The summed E-state index contributed by atoms with van der Waals surface area (Å²) in [5.41, 5.74) is 0. The SMILES string of the molecule is CC1COC(CBr)CN1C(=O)C1CCCCCC1. The van der Waals surface area contributed by atoms with Crippen molar-refractivity contribution in [3.05, 3.63) is 0 Å². The van der Waals surface area contributed by atoms with Crippen LogP contribution in [0.2, 0.25) is 0 Å².